The maximum absolute atomic E-state index is 12.1. The number of nitrogens with zero attached hydrogens (tertiary/aromatic N) is 1. The molecular weight excluding hydrogens is 241 g/mol. The highest BCUT2D eigenvalue weighted by molar-refractivity contribution is 5.51. The lowest BCUT2D eigenvalue weighted by molar-refractivity contribution is -0.276. The molecule has 0 unspecified atom stereocenters. The molecule has 1 heterocycles. The highest BCUT2D eigenvalue weighted by Crippen LogP contribution is 2.39. The number of methoxy groups -OCH3 is 2. The first-order valence-electron chi connectivity index (χ1n) is 4.48. The van der Waals surface area contributed by atoms with Gasteiger partial charge in [0.1, 0.15) is 0 Å². The average Bonchev–Trinajstić information content (AvgIpc) is 2.26. The summed E-state index contributed by atoms with van der Waals surface area (Å²) in [4.78, 5) is 3.49. The molecule has 0 amide bonds. The number of ether oxygens (including phenoxy) is 3. The highest BCUT2D eigenvalue weighted by atomic mass is 19.4. The molecule has 17 heavy (non-hydrogen) atoms. The fourth-order valence-electron chi connectivity index (χ4n) is 1.23. The second-order valence-corrected chi connectivity index (χ2v) is 2.91. The highest BCUT2D eigenvalue weighted by Gasteiger charge is 2.34. The van der Waals surface area contributed by atoms with Gasteiger partial charge in [-0.15, -0.1) is 13.2 Å². The Bertz CT molecular complexity index is 396. The zero-order chi connectivity index (χ0) is 13.1. The summed E-state index contributed by atoms with van der Waals surface area (Å²) in [6, 6.07) is 0. The topological polar surface area (TPSA) is 66.6 Å². The molecule has 0 radical (unpaired) electrons. The van der Waals surface area contributed by atoms with Gasteiger partial charge in [0.25, 0.3) is 5.88 Å². The molecule has 0 fully saturated rings. The third-order valence-electron chi connectivity index (χ3n) is 1.87. The maximum atomic E-state index is 12.1. The molecule has 1 aromatic heterocycles. The van der Waals surface area contributed by atoms with Crippen molar-refractivity contribution in [2.24, 2.45) is 5.73 Å². The van der Waals surface area contributed by atoms with Crippen molar-refractivity contribution in [2.75, 3.05) is 14.2 Å². The third kappa shape index (κ3) is 3.13. The van der Waals surface area contributed by atoms with E-state index in [2.05, 4.69) is 9.72 Å². The Morgan fingerprint density at radius 3 is 2.24 bits per heavy atom. The van der Waals surface area contributed by atoms with Gasteiger partial charge in [-0.2, -0.15) is 0 Å². The number of pyridine rings is 1. The van der Waals surface area contributed by atoms with Gasteiger partial charge in [0, 0.05) is 18.3 Å². The zero-order valence-electron chi connectivity index (χ0n) is 9.17. The van der Waals surface area contributed by atoms with Crippen molar-refractivity contribution >= 4 is 0 Å². The number of rotatable bonds is 4. The van der Waals surface area contributed by atoms with Crippen molar-refractivity contribution in [3.63, 3.8) is 0 Å². The summed E-state index contributed by atoms with van der Waals surface area (Å²) < 4.78 is 49.7. The largest absolute Gasteiger partial charge is 0.574 e. The van der Waals surface area contributed by atoms with Gasteiger partial charge in [-0.1, -0.05) is 0 Å². The van der Waals surface area contributed by atoms with Crippen LogP contribution in [0.1, 0.15) is 5.56 Å². The monoisotopic (exact) mass is 252 g/mol. The lowest BCUT2D eigenvalue weighted by atomic mass is 10.2. The lowest BCUT2D eigenvalue weighted by Gasteiger charge is -2.15. The van der Waals surface area contributed by atoms with Gasteiger partial charge in [0.05, 0.1) is 14.2 Å². The van der Waals surface area contributed by atoms with E-state index in [1.807, 2.05) is 0 Å². The smallest absolute Gasteiger partial charge is 0.492 e. The van der Waals surface area contributed by atoms with Gasteiger partial charge in [-0.25, -0.2) is 4.98 Å². The number of hydrogen-bond donors (Lipinski definition) is 1. The van der Waals surface area contributed by atoms with Crippen LogP contribution >= 0.6 is 0 Å². The van der Waals surface area contributed by atoms with Crippen LogP contribution in [0.3, 0.4) is 0 Å². The molecule has 0 atom stereocenters. The summed E-state index contributed by atoms with van der Waals surface area (Å²) in [5.74, 6) is -0.883. The Hall–Kier alpha value is -1.70. The van der Waals surface area contributed by atoms with Crippen LogP contribution in [0.25, 0.3) is 0 Å². The van der Waals surface area contributed by atoms with Crippen LogP contribution in [0, 0.1) is 0 Å². The van der Waals surface area contributed by atoms with Gasteiger partial charge in [0.2, 0.25) is 5.75 Å². The Morgan fingerprint density at radius 1 is 1.24 bits per heavy atom. The number of alkyl halides is 3. The molecular formula is C9H11F3N2O3. The molecule has 96 valence electrons. The summed E-state index contributed by atoms with van der Waals surface area (Å²) in [6.07, 6.45) is -3.71. The second-order valence-electron chi connectivity index (χ2n) is 2.91. The molecule has 0 aliphatic heterocycles. The SMILES string of the molecule is COc1c(CN)cnc(OC(F)(F)F)c1OC. The molecule has 8 heteroatoms. The number of nitrogens with two attached hydrogens (primary N) is 1. The van der Waals surface area contributed by atoms with Gasteiger partial charge < -0.3 is 19.9 Å². The Kier molecular flexibility index (Phi) is 4.00. The number of hydrogen-bond acceptors (Lipinski definition) is 5. The van der Waals surface area contributed by atoms with E-state index in [1.165, 1.54) is 14.2 Å². The normalized spacial score (nSPS) is 11.2. The summed E-state index contributed by atoms with van der Waals surface area (Å²) >= 11 is 0. The molecule has 1 aromatic rings. The van der Waals surface area contributed by atoms with E-state index >= 15 is 0 Å². The van der Waals surface area contributed by atoms with E-state index in [0.29, 0.717) is 5.56 Å². The van der Waals surface area contributed by atoms with Crippen LogP contribution in [0.2, 0.25) is 0 Å². The summed E-state index contributed by atoms with van der Waals surface area (Å²) in [5.41, 5.74) is 5.80. The third-order valence-corrected chi connectivity index (χ3v) is 1.87. The summed E-state index contributed by atoms with van der Waals surface area (Å²) in [7, 11) is 2.47. The maximum Gasteiger partial charge on any atom is 0.574 e. The van der Waals surface area contributed by atoms with E-state index in [9.17, 15) is 13.2 Å². The first-order chi connectivity index (χ1) is 7.92. The van der Waals surface area contributed by atoms with E-state index in [4.69, 9.17) is 15.2 Å². The molecule has 1 rings (SSSR count). The quantitative estimate of drug-likeness (QED) is 0.878. The standard InChI is InChI=1S/C9H11F3N2O3/c1-15-6-5(3-13)4-14-8(7(6)16-2)17-9(10,11)12/h4H,3,13H2,1-2H3. The Labute approximate surface area is 95.3 Å². The molecule has 0 aliphatic rings. The molecule has 0 aliphatic carbocycles. The zero-order valence-corrected chi connectivity index (χ0v) is 9.17. The molecule has 0 saturated carbocycles. The van der Waals surface area contributed by atoms with E-state index in [-0.39, 0.29) is 18.0 Å². The van der Waals surface area contributed by atoms with Gasteiger partial charge >= 0.3 is 6.36 Å². The Balaban J connectivity index is 3.23. The van der Waals surface area contributed by atoms with Gasteiger partial charge in [-0.05, 0) is 0 Å². The molecule has 0 aromatic carbocycles. The van der Waals surface area contributed by atoms with Crippen LogP contribution < -0.4 is 19.9 Å². The molecule has 5 nitrogen and oxygen atoms in total. The van der Waals surface area contributed by atoms with Crippen molar-refractivity contribution < 1.29 is 27.4 Å². The van der Waals surface area contributed by atoms with Gasteiger partial charge in [-0.3, -0.25) is 0 Å². The minimum Gasteiger partial charge on any atom is -0.492 e. The van der Waals surface area contributed by atoms with Crippen molar-refractivity contribution in [1.82, 2.24) is 4.98 Å². The van der Waals surface area contributed by atoms with Crippen LogP contribution in [0.5, 0.6) is 17.4 Å². The van der Waals surface area contributed by atoms with E-state index < -0.39 is 12.2 Å². The molecule has 0 saturated heterocycles. The summed E-state index contributed by atoms with van der Waals surface area (Å²) in [5, 5.41) is 0. The fourth-order valence-corrected chi connectivity index (χ4v) is 1.23. The first-order valence-corrected chi connectivity index (χ1v) is 4.48. The predicted octanol–water partition coefficient (Wildman–Crippen LogP) is 1.46. The van der Waals surface area contributed by atoms with Crippen LogP contribution in [-0.2, 0) is 6.54 Å². The molecule has 0 spiro atoms. The Morgan fingerprint density at radius 2 is 1.82 bits per heavy atom. The second kappa shape index (κ2) is 5.09. The minimum atomic E-state index is -4.85. The molecule has 0 bridgehead atoms. The van der Waals surface area contributed by atoms with Crippen molar-refractivity contribution in [1.29, 1.82) is 0 Å². The van der Waals surface area contributed by atoms with Crippen molar-refractivity contribution in [3.05, 3.63) is 11.8 Å². The van der Waals surface area contributed by atoms with Crippen LogP contribution in [0.4, 0.5) is 13.2 Å². The lowest BCUT2D eigenvalue weighted by Crippen LogP contribution is -2.19. The average molecular weight is 252 g/mol. The minimum absolute atomic E-state index is 0.0544. The number of aromatic nitrogens is 1. The van der Waals surface area contributed by atoms with E-state index in [0.717, 1.165) is 6.20 Å². The van der Waals surface area contributed by atoms with Crippen molar-refractivity contribution in [2.45, 2.75) is 12.9 Å². The van der Waals surface area contributed by atoms with Crippen LogP contribution in [-0.4, -0.2) is 25.6 Å². The first kappa shape index (κ1) is 13.4. The van der Waals surface area contributed by atoms with Crippen LogP contribution in [0.15, 0.2) is 6.20 Å². The molecule has 2 N–H and O–H groups in total. The van der Waals surface area contributed by atoms with E-state index in [1.54, 1.807) is 0 Å². The predicted molar refractivity (Wildman–Crippen MR) is 51.9 cm³/mol. The van der Waals surface area contributed by atoms with Gasteiger partial charge in [0.15, 0.2) is 5.75 Å². The van der Waals surface area contributed by atoms with Crippen molar-refractivity contribution in [3.8, 4) is 17.4 Å². The fraction of sp³-hybridized carbons (Fsp3) is 0.444. The summed E-state index contributed by atoms with van der Waals surface area (Å²) in [6.45, 7) is 0.0544. The number of halogens is 3.